The number of likely N-dealkylation sites (N-methyl/N-ethyl adjacent to an activating group) is 1. The maximum absolute atomic E-state index is 5.38. The molecule has 0 fully saturated rings. The third-order valence-electron chi connectivity index (χ3n) is 3.53. The van der Waals surface area contributed by atoms with Crippen LogP contribution in [-0.4, -0.2) is 32.1 Å². The van der Waals surface area contributed by atoms with Gasteiger partial charge in [-0.05, 0) is 43.8 Å². The molecule has 2 aromatic rings. The lowest BCUT2D eigenvalue weighted by atomic mass is 10.2. The summed E-state index contributed by atoms with van der Waals surface area (Å²) in [6, 6.07) is 12.4. The van der Waals surface area contributed by atoms with Crippen LogP contribution in [0.5, 0.6) is 5.75 Å². The summed E-state index contributed by atoms with van der Waals surface area (Å²) in [4.78, 5) is 2.30. The topological polar surface area (TPSA) is 37.6 Å². The third-order valence-corrected chi connectivity index (χ3v) is 3.53. The van der Waals surface area contributed by atoms with Crippen molar-refractivity contribution in [1.29, 1.82) is 0 Å². The standard InChI is InChI=1S/C17H24N2O2/c1-14(17-5-4-12-21-17)18-10-11-19(2)13-15-6-8-16(20-3)9-7-15/h4-9,12,14,18H,10-11,13H2,1-3H3. The van der Waals surface area contributed by atoms with Crippen LogP contribution in [0.3, 0.4) is 0 Å². The molecule has 1 heterocycles. The Morgan fingerprint density at radius 2 is 2.00 bits per heavy atom. The fourth-order valence-corrected chi connectivity index (χ4v) is 2.23. The highest BCUT2D eigenvalue weighted by Crippen LogP contribution is 2.13. The molecule has 1 aromatic heterocycles. The molecule has 114 valence electrons. The SMILES string of the molecule is COc1ccc(CN(C)CCNC(C)c2ccco2)cc1. The van der Waals surface area contributed by atoms with E-state index in [2.05, 4.69) is 36.3 Å². The van der Waals surface area contributed by atoms with Gasteiger partial charge in [0.15, 0.2) is 0 Å². The fraction of sp³-hybridized carbons (Fsp3) is 0.412. The summed E-state index contributed by atoms with van der Waals surface area (Å²) in [5.74, 6) is 1.88. The van der Waals surface area contributed by atoms with E-state index in [0.29, 0.717) is 0 Å². The van der Waals surface area contributed by atoms with Crippen molar-refractivity contribution in [1.82, 2.24) is 10.2 Å². The average molecular weight is 288 g/mol. The molecule has 2 rings (SSSR count). The van der Waals surface area contributed by atoms with Gasteiger partial charge in [0.2, 0.25) is 0 Å². The molecule has 0 amide bonds. The zero-order valence-electron chi connectivity index (χ0n) is 13.0. The number of furan rings is 1. The van der Waals surface area contributed by atoms with E-state index in [1.807, 2.05) is 24.3 Å². The van der Waals surface area contributed by atoms with Crippen LogP contribution in [-0.2, 0) is 6.54 Å². The first-order valence-electron chi connectivity index (χ1n) is 7.27. The van der Waals surface area contributed by atoms with Crippen LogP contribution in [0.4, 0.5) is 0 Å². The van der Waals surface area contributed by atoms with Gasteiger partial charge < -0.3 is 19.4 Å². The molecule has 4 heteroatoms. The molecule has 0 radical (unpaired) electrons. The van der Waals surface area contributed by atoms with Gasteiger partial charge in [0.05, 0.1) is 19.4 Å². The van der Waals surface area contributed by atoms with Crippen molar-refractivity contribution in [2.75, 3.05) is 27.2 Å². The van der Waals surface area contributed by atoms with Crippen molar-refractivity contribution in [3.8, 4) is 5.75 Å². The second kappa shape index (κ2) is 7.86. The van der Waals surface area contributed by atoms with Crippen molar-refractivity contribution in [3.05, 3.63) is 54.0 Å². The number of ether oxygens (including phenoxy) is 1. The lowest BCUT2D eigenvalue weighted by molar-refractivity contribution is 0.313. The zero-order valence-corrected chi connectivity index (χ0v) is 13.0. The Morgan fingerprint density at radius 1 is 1.24 bits per heavy atom. The molecule has 4 nitrogen and oxygen atoms in total. The van der Waals surface area contributed by atoms with Crippen molar-refractivity contribution in [2.45, 2.75) is 19.5 Å². The highest BCUT2D eigenvalue weighted by atomic mass is 16.5. The normalized spacial score (nSPS) is 12.6. The van der Waals surface area contributed by atoms with E-state index in [0.717, 1.165) is 31.1 Å². The molecule has 1 N–H and O–H groups in total. The van der Waals surface area contributed by atoms with Crippen molar-refractivity contribution < 1.29 is 9.15 Å². The van der Waals surface area contributed by atoms with Crippen molar-refractivity contribution in [2.24, 2.45) is 0 Å². The number of benzene rings is 1. The van der Waals surface area contributed by atoms with E-state index in [1.165, 1.54) is 5.56 Å². The van der Waals surface area contributed by atoms with Gasteiger partial charge in [-0.3, -0.25) is 0 Å². The summed E-state index contributed by atoms with van der Waals surface area (Å²) < 4.78 is 10.6. The molecular weight excluding hydrogens is 264 g/mol. The van der Waals surface area contributed by atoms with E-state index in [4.69, 9.17) is 9.15 Å². The number of hydrogen-bond donors (Lipinski definition) is 1. The monoisotopic (exact) mass is 288 g/mol. The summed E-state index contributed by atoms with van der Waals surface area (Å²) in [5, 5.41) is 3.46. The Kier molecular flexibility index (Phi) is 5.84. The van der Waals surface area contributed by atoms with Gasteiger partial charge in [-0.25, -0.2) is 0 Å². The predicted octanol–water partition coefficient (Wildman–Crippen LogP) is 3.07. The van der Waals surface area contributed by atoms with Crippen LogP contribution in [0.2, 0.25) is 0 Å². The first-order valence-corrected chi connectivity index (χ1v) is 7.27. The van der Waals surface area contributed by atoms with Crippen LogP contribution in [0, 0.1) is 0 Å². The predicted molar refractivity (Wildman–Crippen MR) is 84.5 cm³/mol. The lowest BCUT2D eigenvalue weighted by Gasteiger charge is -2.19. The molecule has 0 spiro atoms. The summed E-state index contributed by atoms with van der Waals surface area (Å²) >= 11 is 0. The minimum absolute atomic E-state index is 0.245. The maximum atomic E-state index is 5.38. The number of nitrogens with one attached hydrogen (secondary N) is 1. The van der Waals surface area contributed by atoms with Crippen molar-refractivity contribution >= 4 is 0 Å². The minimum Gasteiger partial charge on any atom is -0.497 e. The maximum Gasteiger partial charge on any atom is 0.120 e. The average Bonchev–Trinajstić information content (AvgIpc) is 3.02. The number of methoxy groups -OCH3 is 1. The summed E-state index contributed by atoms with van der Waals surface area (Å²) in [7, 11) is 3.82. The third kappa shape index (κ3) is 4.92. The van der Waals surface area contributed by atoms with Gasteiger partial charge in [0.25, 0.3) is 0 Å². The molecule has 0 aliphatic heterocycles. The highest BCUT2D eigenvalue weighted by molar-refractivity contribution is 5.27. The second-order valence-electron chi connectivity index (χ2n) is 5.28. The second-order valence-corrected chi connectivity index (χ2v) is 5.28. The van der Waals surface area contributed by atoms with Gasteiger partial charge in [-0.1, -0.05) is 12.1 Å². The van der Waals surface area contributed by atoms with Crippen molar-refractivity contribution in [3.63, 3.8) is 0 Å². The Bertz CT molecular complexity index is 508. The van der Waals surface area contributed by atoms with Crippen LogP contribution >= 0.6 is 0 Å². The molecule has 0 aliphatic carbocycles. The highest BCUT2D eigenvalue weighted by Gasteiger charge is 2.07. The van der Waals surface area contributed by atoms with E-state index < -0.39 is 0 Å². The van der Waals surface area contributed by atoms with Crippen LogP contribution in [0.1, 0.15) is 24.3 Å². The Morgan fingerprint density at radius 3 is 2.62 bits per heavy atom. The van der Waals surface area contributed by atoms with Gasteiger partial charge in [0, 0.05) is 19.6 Å². The fourth-order valence-electron chi connectivity index (χ4n) is 2.23. The molecule has 0 saturated carbocycles. The van der Waals surface area contributed by atoms with Crippen LogP contribution < -0.4 is 10.1 Å². The van der Waals surface area contributed by atoms with E-state index in [1.54, 1.807) is 13.4 Å². The summed E-state index contributed by atoms with van der Waals surface area (Å²) in [6.07, 6.45) is 1.71. The molecule has 1 atom stereocenters. The van der Waals surface area contributed by atoms with E-state index in [-0.39, 0.29) is 6.04 Å². The molecule has 1 aromatic carbocycles. The van der Waals surface area contributed by atoms with E-state index >= 15 is 0 Å². The summed E-state index contributed by atoms with van der Waals surface area (Å²) in [6.45, 7) is 4.95. The Hall–Kier alpha value is -1.78. The van der Waals surface area contributed by atoms with Gasteiger partial charge >= 0.3 is 0 Å². The molecule has 1 unspecified atom stereocenters. The molecule has 0 saturated heterocycles. The molecule has 21 heavy (non-hydrogen) atoms. The molecular formula is C17H24N2O2. The van der Waals surface area contributed by atoms with E-state index in [9.17, 15) is 0 Å². The number of nitrogens with zero attached hydrogens (tertiary/aromatic N) is 1. The number of hydrogen-bond acceptors (Lipinski definition) is 4. The zero-order chi connectivity index (χ0) is 15.1. The minimum atomic E-state index is 0.245. The van der Waals surface area contributed by atoms with Gasteiger partial charge in [-0.2, -0.15) is 0 Å². The number of rotatable bonds is 8. The first kappa shape index (κ1) is 15.6. The van der Waals surface area contributed by atoms with Gasteiger partial charge in [-0.15, -0.1) is 0 Å². The van der Waals surface area contributed by atoms with Crippen LogP contribution in [0.15, 0.2) is 47.1 Å². The Balaban J connectivity index is 1.70. The Labute approximate surface area is 126 Å². The van der Waals surface area contributed by atoms with Gasteiger partial charge in [0.1, 0.15) is 11.5 Å². The summed E-state index contributed by atoms with van der Waals surface area (Å²) in [5.41, 5.74) is 1.29. The molecule has 0 aliphatic rings. The first-order chi connectivity index (χ1) is 10.2. The smallest absolute Gasteiger partial charge is 0.120 e. The molecule has 0 bridgehead atoms. The quantitative estimate of drug-likeness (QED) is 0.810. The largest absolute Gasteiger partial charge is 0.497 e. The van der Waals surface area contributed by atoms with Crippen LogP contribution in [0.25, 0.3) is 0 Å². The lowest BCUT2D eigenvalue weighted by Crippen LogP contribution is -2.30.